The van der Waals surface area contributed by atoms with E-state index in [0.29, 0.717) is 0 Å². The average Bonchev–Trinajstić information content (AvgIpc) is 3.19. The van der Waals surface area contributed by atoms with Crippen molar-refractivity contribution >= 4 is 15.7 Å². The molecule has 0 aliphatic rings. The standard InChI is InChI=1S/C18H17N3O6S/c1-3-27-17-15(21(22)23)11-13(12-16(17)26-2)18-19-9-10-20(18)28(24,25)14-7-5-4-6-8-14/h4-12H,3H2,1-2H3. The maximum atomic E-state index is 13.0. The number of ether oxygens (including phenoxy) is 2. The number of hydrogen-bond acceptors (Lipinski definition) is 7. The molecule has 3 aromatic rings. The first-order chi connectivity index (χ1) is 13.4. The Morgan fingerprint density at radius 3 is 2.54 bits per heavy atom. The average molecular weight is 403 g/mol. The Labute approximate surface area is 161 Å². The van der Waals surface area contributed by atoms with E-state index < -0.39 is 14.9 Å². The minimum atomic E-state index is -3.94. The number of aromatic nitrogens is 2. The molecule has 2 aromatic carbocycles. The van der Waals surface area contributed by atoms with E-state index in [2.05, 4.69) is 4.98 Å². The topological polar surface area (TPSA) is 114 Å². The normalized spacial score (nSPS) is 11.2. The van der Waals surface area contributed by atoms with Crippen LogP contribution in [0.5, 0.6) is 11.5 Å². The summed E-state index contributed by atoms with van der Waals surface area (Å²) in [5.41, 5.74) is -0.139. The van der Waals surface area contributed by atoms with Gasteiger partial charge >= 0.3 is 5.69 Å². The zero-order chi connectivity index (χ0) is 20.3. The molecule has 1 heterocycles. The van der Waals surface area contributed by atoms with E-state index in [4.69, 9.17) is 9.47 Å². The second-order valence-corrected chi connectivity index (χ2v) is 7.40. The lowest BCUT2D eigenvalue weighted by atomic mass is 10.1. The number of nitro groups is 1. The molecular weight excluding hydrogens is 386 g/mol. The van der Waals surface area contributed by atoms with Gasteiger partial charge in [-0.1, -0.05) is 18.2 Å². The highest BCUT2D eigenvalue weighted by Gasteiger charge is 2.26. The van der Waals surface area contributed by atoms with Crippen LogP contribution in [0.2, 0.25) is 0 Å². The van der Waals surface area contributed by atoms with Crippen LogP contribution in [0.4, 0.5) is 5.69 Å². The van der Waals surface area contributed by atoms with Crippen molar-refractivity contribution < 1.29 is 22.8 Å². The third-order valence-electron chi connectivity index (χ3n) is 3.91. The Kier molecular flexibility index (Phi) is 5.32. The Balaban J connectivity index is 2.21. The van der Waals surface area contributed by atoms with Crippen LogP contribution in [0, 0.1) is 10.1 Å². The van der Waals surface area contributed by atoms with Crippen molar-refractivity contribution in [1.82, 2.24) is 8.96 Å². The summed E-state index contributed by atoms with van der Waals surface area (Å²) in [5.74, 6) is 0.105. The first-order valence-electron chi connectivity index (χ1n) is 8.23. The Hall–Kier alpha value is -3.40. The fourth-order valence-electron chi connectivity index (χ4n) is 2.69. The molecule has 28 heavy (non-hydrogen) atoms. The highest BCUT2D eigenvalue weighted by molar-refractivity contribution is 7.90. The summed E-state index contributed by atoms with van der Waals surface area (Å²) in [6.07, 6.45) is 2.59. The molecule has 10 heteroatoms. The number of methoxy groups -OCH3 is 1. The van der Waals surface area contributed by atoms with Gasteiger partial charge in [0.05, 0.1) is 23.5 Å². The Morgan fingerprint density at radius 1 is 1.21 bits per heavy atom. The highest BCUT2D eigenvalue weighted by Crippen LogP contribution is 2.41. The molecule has 0 N–H and O–H groups in total. The molecule has 0 aliphatic carbocycles. The predicted molar refractivity (Wildman–Crippen MR) is 101 cm³/mol. The maximum Gasteiger partial charge on any atom is 0.315 e. The lowest BCUT2D eigenvalue weighted by molar-refractivity contribution is -0.385. The van der Waals surface area contributed by atoms with Crippen LogP contribution in [-0.2, 0) is 10.0 Å². The van der Waals surface area contributed by atoms with Crippen LogP contribution in [-0.4, -0.2) is 36.0 Å². The van der Waals surface area contributed by atoms with Gasteiger partial charge < -0.3 is 9.47 Å². The van der Waals surface area contributed by atoms with E-state index in [0.717, 1.165) is 3.97 Å². The first-order valence-corrected chi connectivity index (χ1v) is 9.67. The van der Waals surface area contributed by atoms with Gasteiger partial charge in [-0.2, -0.15) is 0 Å². The zero-order valence-electron chi connectivity index (χ0n) is 15.1. The molecule has 0 unspecified atom stereocenters. The van der Waals surface area contributed by atoms with E-state index in [-0.39, 0.29) is 40.1 Å². The Bertz CT molecular complexity index is 1110. The van der Waals surface area contributed by atoms with Crippen LogP contribution in [0.25, 0.3) is 11.4 Å². The molecule has 9 nitrogen and oxygen atoms in total. The second kappa shape index (κ2) is 7.69. The van der Waals surface area contributed by atoms with Crippen molar-refractivity contribution in [3.8, 4) is 22.9 Å². The molecule has 1 aromatic heterocycles. The number of rotatable bonds is 7. The van der Waals surface area contributed by atoms with E-state index >= 15 is 0 Å². The molecule has 0 bridgehead atoms. The van der Waals surface area contributed by atoms with Crippen molar-refractivity contribution in [3.05, 3.63) is 65.0 Å². The molecule has 0 atom stereocenters. The van der Waals surface area contributed by atoms with Gasteiger partial charge in [0.1, 0.15) is 0 Å². The van der Waals surface area contributed by atoms with E-state index in [9.17, 15) is 18.5 Å². The van der Waals surface area contributed by atoms with Gasteiger partial charge in [0.25, 0.3) is 10.0 Å². The first kappa shape index (κ1) is 19.4. The van der Waals surface area contributed by atoms with Gasteiger partial charge in [-0.05, 0) is 25.1 Å². The Morgan fingerprint density at radius 2 is 1.93 bits per heavy atom. The van der Waals surface area contributed by atoms with Gasteiger partial charge in [-0.3, -0.25) is 10.1 Å². The summed E-state index contributed by atoms with van der Waals surface area (Å²) in [6, 6.07) is 10.5. The van der Waals surface area contributed by atoms with Crippen LogP contribution < -0.4 is 9.47 Å². The lowest BCUT2D eigenvalue weighted by Crippen LogP contribution is -2.13. The minimum Gasteiger partial charge on any atom is -0.493 e. The van der Waals surface area contributed by atoms with Gasteiger partial charge in [-0.15, -0.1) is 0 Å². The van der Waals surface area contributed by atoms with E-state index in [1.165, 1.54) is 43.8 Å². The molecule has 0 fully saturated rings. The largest absolute Gasteiger partial charge is 0.493 e. The second-order valence-electron chi connectivity index (χ2n) is 5.58. The third kappa shape index (κ3) is 3.41. The number of nitrogens with zero attached hydrogens (tertiary/aromatic N) is 3. The molecular formula is C18H17N3O6S. The van der Waals surface area contributed by atoms with Gasteiger partial charge in [0.2, 0.25) is 5.75 Å². The molecule has 0 spiro atoms. The summed E-state index contributed by atoms with van der Waals surface area (Å²) in [4.78, 5) is 15.1. The van der Waals surface area contributed by atoms with Gasteiger partial charge in [0, 0.05) is 24.0 Å². The molecule has 0 saturated heterocycles. The van der Waals surface area contributed by atoms with Crippen molar-refractivity contribution in [2.75, 3.05) is 13.7 Å². The predicted octanol–water partition coefficient (Wildman–Crippen LogP) is 3.10. The van der Waals surface area contributed by atoms with Crippen molar-refractivity contribution in [2.24, 2.45) is 0 Å². The van der Waals surface area contributed by atoms with Crippen LogP contribution in [0.1, 0.15) is 6.92 Å². The molecule has 146 valence electrons. The van der Waals surface area contributed by atoms with Crippen LogP contribution >= 0.6 is 0 Å². The number of hydrogen-bond donors (Lipinski definition) is 0. The zero-order valence-corrected chi connectivity index (χ0v) is 15.9. The molecule has 0 aliphatic heterocycles. The number of imidazole rings is 1. The van der Waals surface area contributed by atoms with Crippen LogP contribution in [0.15, 0.2) is 59.8 Å². The van der Waals surface area contributed by atoms with Gasteiger partial charge in [-0.25, -0.2) is 17.4 Å². The fourth-order valence-corrected chi connectivity index (χ4v) is 4.01. The maximum absolute atomic E-state index is 13.0. The van der Waals surface area contributed by atoms with Crippen molar-refractivity contribution in [1.29, 1.82) is 0 Å². The SMILES string of the molecule is CCOc1c(OC)cc(-c2nccn2S(=O)(=O)c2ccccc2)cc1[N+](=O)[O-]. The van der Waals surface area contributed by atoms with E-state index in [1.807, 2.05) is 0 Å². The summed E-state index contributed by atoms with van der Waals surface area (Å²) >= 11 is 0. The summed E-state index contributed by atoms with van der Waals surface area (Å²) in [7, 11) is -2.59. The van der Waals surface area contributed by atoms with Gasteiger partial charge in [0.15, 0.2) is 11.6 Å². The molecule has 0 radical (unpaired) electrons. The summed E-state index contributed by atoms with van der Waals surface area (Å²) < 4.78 is 37.5. The summed E-state index contributed by atoms with van der Waals surface area (Å²) in [6.45, 7) is 1.89. The molecule has 0 saturated carbocycles. The fraction of sp³-hybridized carbons (Fsp3) is 0.167. The highest BCUT2D eigenvalue weighted by atomic mass is 32.2. The van der Waals surface area contributed by atoms with Crippen molar-refractivity contribution in [3.63, 3.8) is 0 Å². The monoisotopic (exact) mass is 403 g/mol. The third-order valence-corrected chi connectivity index (χ3v) is 5.59. The summed E-state index contributed by atoms with van der Waals surface area (Å²) in [5, 5.41) is 11.5. The number of nitro benzene ring substituents is 1. The molecule has 3 rings (SSSR count). The molecule has 0 amide bonds. The van der Waals surface area contributed by atoms with E-state index in [1.54, 1.807) is 25.1 Å². The minimum absolute atomic E-state index is 0.0216. The lowest BCUT2D eigenvalue weighted by Gasteiger charge is -2.13. The quantitative estimate of drug-likeness (QED) is 0.440. The van der Waals surface area contributed by atoms with Crippen LogP contribution in [0.3, 0.4) is 0 Å². The van der Waals surface area contributed by atoms with Crippen molar-refractivity contribution in [2.45, 2.75) is 11.8 Å². The smallest absolute Gasteiger partial charge is 0.315 e. The number of benzene rings is 2.